The van der Waals surface area contributed by atoms with Crippen LogP contribution in [0.1, 0.15) is 35.2 Å². The Kier molecular flexibility index (Phi) is 4.68. The summed E-state index contributed by atoms with van der Waals surface area (Å²) in [6, 6.07) is 4.82. The Hall–Kier alpha value is -1.95. The molecule has 2 rings (SSSR count). The lowest BCUT2D eigenvalue weighted by Gasteiger charge is -2.11. The number of nitrogens with one attached hydrogen (secondary N) is 2. The van der Waals surface area contributed by atoms with Crippen LogP contribution in [0.4, 0.5) is 5.69 Å². The molecule has 1 saturated heterocycles. The summed E-state index contributed by atoms with van der Waals surface area (Å²) in [6.45, 7) is 3.40. The first-order chi connectivity index (χ1) is 9.58. The fourth-order valence-corrected chi connectivity index (χ4v) is 2.43. The van der Waals surface area contributed by atoms with E-state index >= 15 is 0 Å². The van der Waals surface area contributed by atoms with E-state index in [9.17, 15) is 14.9 Å². The maximum absolute atomic E-state index is 12.1. The topological polar surface area (TPSA) is 84.3 Å². The van der Waals surface area contributed by atoms with Crippen molar-refractivity contribution >= 4 is 11.6 Å². The second-order valence-electron chi connectivity index (χ2n) is 5.09. The molecule has 6 heteroatoms. The molecule has 20 heavy (non-hydrogen) atoms. The summed E-state index contributed by atoms with van der Waals surface area (Å²) in [5.74, 6) is -0.246. The molecule has 0 spiro atoms. The second-order valence-corrected chi connectivity index (χ2v) is 5.09. The van der Waals surface area contributed by atoms with Gasteiger partial charge >= 0.3 is 0 Å². The van der Waals surface area contributed by atoms with Crippen LogP contribution in [0.25, 0.3) is 0 Å². The normalized spacial score (nSPS) is 17.9. The zero-order valence-corrected chi connectivity index (χ0v) is 11.5. The summed E-state index contributed by atoms with van der Waals surface area (Å²) in [5, 5.41) is 16.9. The predicted molar refractivity (Wildman–Crippen MR) is 75.8 cm³/mol. The molecular formula is C14H19N3O3. The highest BCUT2D eigenvalue weighted by Crippen LogP contribution is 2.17. The van der Waals surface area contributed by atoms with Crippen molar-refractivity contribution in [1.29, 1.82) is 0 Å². The van der Waals surface area contributed by atoms with Gasteiger partial charge in [0.05, 0.1) is 4.92 Å². The van der Waals surface area contributed by atoms with Crippen LogP contribution in [0.5, 0.6) is 0 Å². The third-order valence-electron chi connectivity index (χ3n) is 3.62. The number of nitro benzene ring substituents is 1. The minimum absolute atomic E-state index is 0.0572. The Labute approximate surface area is 117 Å². The molecule has 0 unspecified atom stereocenters. The first kappa shape index (κ1) is 14.5. The summed E-state index contributed by atoms with van der Waals surface area (Å²) >= 11 is 0. The molecule has 2 N–H and O–H groups in total. The van der Waals surface area contributed by atoms with Crippen LogP contribution in [0.3, 0.4) is 0 Å². The van der Waals surface area contributed by atoms with Gasteiger partial charge in [0, 0.05) is 30.3 Å². The number of aryl methyl sites for hydroxylation is 1. The number of carbonyl (C=O) groups is 1. The molecule has 1 aliphatic rings. The Morgan fingerprint density at radius 3 is 3.00 bits per heavy atom. The van der Waals surface area contributed by atoms with Crippen LogP contribution in [0, 0.1) is 17.0 Å². The van der Waals surface area contributed by atoms with E-state index in [1.165, 1.54) is 18.6 Å². The zero-order chi connectivity index (χ0) is 14.5. The number of nitro groups is 1. The van der Waals surface area contributed by atoms with Crippen molar-refractivity contribution < 1.29 is 9.72 Å². The van der Waals surface area contributed by atoms with Gasteiger partial charge in [0.2, 0.25) is 0 Å². The van der Waals surface area contributed by atoms with E-state index in [4.69, 9.17) is 0 Å². The summed E-state index contributed by atoms with van der Waals surface area (Å²) in [6.07, 6.45) is 3.22. The number of nitrogens with zero attached hydrogens (tertiary/aromatic N) is 1. The molecule has 0 bridgehead atoms. The van der Waals surface area contributed by atoms with Crippen molar-refractivity contribution in [3.05, 3.63) is 39.4 Å². The molecule has 1 aromatic rings. The Morgan fingerprint density at radius 2 is 2.35 bits per heavy atom. The van der Waals surface area contributed by atoms with E-state index in [1.807, 2.05) is 0 Å². The SMILES string of the molecule is Cc1ccc([N+](=O)[O-])cc1C(=O)NCC[C@@H]1CCCN1. The molecule has 0 radical (unpaired) electrons. The quantitative estimate of drug-likeness (QED) is 0.634. The number of hydrogen-bond donors (Lipinski definition) is 2. The van der Waals surface area contributed by atoms with E-state index in [-0.39, 0.29) is 11.6 Å². The fourth-order valence-electron chi connectivity index (χ4n) is 2.43. The summed E-state index contributed by atoms with van der Waals surface area (Å²) in [7, 11) is 0. The monoisotopic (exact) mass is 277 g/mol. The second kappa shape index (κ2) is 6.47. The Morgan fingerprint density at radius 1 is 1.55 bits per heavy atom. The van der Waals surface area contributed by atoms with Gasteiger partial charge in [0.15, 0.2) is 0 Å². The van der Waals surface area contributed by atoms with Crippen LogP contribution in [-0.4, -0.2) is 30.0 Å². The standard InChI is InChI=1S/C14H19N3O3/c1-10-4-5-12(17(19)20)9-13(10)14(18)16-8-6-11-3-2-7-15-11/h4-5,9,11,15H,2-3,6-8H2,1H3,(H,16,18)/t11-/m0/s1. The van der Waals surface area contributed by atoms with E-state index < -0.39 is 4.92 Å². The average Bonchev–Trinajstić information content (AvgIpc) is 2.92. The van der Waals surface area contributed by atoms with Crippen molar-refractivity contribution in [2.45, 2.75) is 32.2 Å². The van der Waals surface area contributed by atoms with Gasteiger partial charge in [-0.05, 0) is 38.3 Å². The highest BCUT2D eigenvalue weighted by atomic mass is 16.6. The van der Waals surface area contributed by atoms with E-state index in [2.05, 4.69) is 10.6 Å². The number of amides is 1. The van der Waals surface area contributed by atoms with Crippen LogP contribution < -0.4 is 10.6 Å². The minimum atomic E-state index is -0.487. The van der Waals surface area contributed by atoms with Crippen molar-refractivity contribution in [2.75, 3.05) is 13.1 Å². The molecule has 6 nitrogen and oxygen atoms in total. The van der Waals surface area contributed by atoms with E-state index in [0.717, 1.165) is 24.9 Å². The Bertz CT molecular complexity index is 510. The lowest BCUT2D eigenvalue weighted by molar-refractivity contribution is -0.384. The van der Waals surface area contributed by atoms with Gasteiger partial charge in [0.25, 0.3) is 11.6 Å². The molecule has 0 aromatic heterocycles. The van der Waals surface area contributed by atoms with Gasteiger partial charge in [-0.25, -0.2) is 0 Å². The van der Waals surface area contributed by atoms with Crippen LogP contribution in [0.2, 0.25) is 0 Å². The summed E-state index contributed by atoms with van der Waals surface area (Å²) < 4.78 is 0. The number of rotatable bonds is 5. The molecule has 1 heterocycles. The van der Waals surface area contributed by atoms with E-state index in [0.29, 0.717) is 18.2 Å². The lowest BCUT2D eigenvalue weighted by Crippen LogP contribution is -2.30. The summed E-state index contributed by atoms with van der Waals surface area (Å²) in [5.41, 5.74) is 1.06. The minimum Gasteiger partial charge on any atom is -0.352 e. The first-order valence-corrected chi connectivity index (χ1v) is 6.84. The molecule has 0 saturated carbocycles. The number of benzene rings is 1. The maximum atomic E-state index is 12.1. The van der Waals surface area contributed by atoms with Crippen molar-refractivity contribution in [1.82, 2.24) is 10.6 Å². The van der Waals surface area contributed by atoms with Gasteiger partial charge in [-0.2, -0.15) is 0 Å². The van der Waals surface area contributed by atoms with Gasteiger partial charge in [-0.15, -0.1) is 0 Å². The summed E-state index contributed by atoms with van der Waals surface area (Å²) in [4.78, 5) is 22.3. The highest BCUT2D eigenvalue weighted by molar-refractivity contribution is 5.96. The molecule has 1 fully saturated rings. The molecular weight excluding hydrogens is 258 g/mol. The van der Waals surface area contributed by atoms with E-state index in [1.54, 1.807) is 13.0 Å². The third-order valence-corrected chi connectivity index (χ3v) is 3.62. The molecule has 1 atom stereocenters. The zero-order valence-electron chi connectivity index (χ0n) is 11.5. The van der Waals surface area contributed by atoms with Crippen LogP contribution >= 0.6 is 0 Å². The largest absolute Gasteiger partial charge is 0.352 e. The van der Waals surface area contributed by atoms with Crippen molar-refractivity contribution in [2.24, 2.45) is 0 Å². The molecule has 108 valence electrons. The van der Waals surface area contributed by atoms with Crippen LogP contribution in [0.15, 0.2) is 18.2 Å². The number of carbonyl (C=O) groups excluding carboxylic acids is 1. The van der Waals surface area contributed by atoms with Gasteiger partial charge < -0.3 is 10.6 Å². The van der Waals surface area contributed by atoms with Crippen LogP contribution in [-0.2, 0) is 0 Å². The highest BCUT2D eigenvalue weighted by Gasteiger charge is 2.16. The Balaban J connectivity index is 1.94. The van der Waals surface area contributed by atoms with Crippen molar-refractivity contribution in [3.63, 3.8) is 0 Å². The smallest absolute Gasteiger partial charge is 0.270 e. The number of hydrogen-bond acceptors (Lipinski definition) is 4. The average molecular weight is 277 g/mol. The number of non-ortho nitro benzene ring substituents is 1. The molecule has 0 aliphatic carbocycles. The van der Waals surface area contributed by atoms with Gasteiger partial charge in [-0.1, -0.05) is 6.07 Å². The van der Waals surface area contributed by atoms with Crippen molar-refractivity contribution in [3.8, 4) is 0 Å². The molecule has 1 aromatic carbocycles. The lowest BCUT2D eigenvalue weighted by atomic mass is 10.1. The third kappa shape index (κ3) is 3.54. The first-order valence-electron chi connectivity index (χ1n) is 6.84. The fraction of sp³-hybridized carbons (Fsp3) is 0.500. The molecule has 1 amide bonds. The van der Waals surface area contributed by atoms with Gasteiger partial charge in [0.1, 0.15) is 0 Å². The van der Waals surface area contributed by atoms with Gasteiger partial charge in [-0.3, -0.25) is 14.9 Å². The predicted octanol–water partition coefficient (Wildman–Crippen LogP) is 1.78. The molecule has 1 aliphatic heterocycles. The maximum Gasteiger partial charge on any atom is 0.270 e.